The van der Waals surface area contributed by atoms with E-state index in [1.807, 2.05) is 0 Å². The Morgan fingerprint density at radius 3 is 2.52 bits per heavy atom. The summed E-state index contributed by atoms with van der Waals surface area (Å²) in [6.07, 6.45) is -0.459. The standard InChI is InChI=1S/C13H23N3O4S/c1-13(2,3)20-12(19)15-9(4-5-10(14)17)11(18)16-6-7-21-8-16/h9H,4-8H2,1-3H3,(H2,14,17)(H,15,19)/t9-/m0/s1. The minimum absolute atomic E-state index is 0.0349. The van der Waals surface area contributed by atoms with E-state index in [9.17, 15) is 14.4 Å². The highest BCUT2D eigenvalue weighted by molar-refractivity contribution is 7.99. The number of ether oxygens (including phenoxy) is 1. The van der Waals surface area contributed by atoms with Crippen LogP contribution in [0.2, 0.25) is 0 Å². The quantitative estimate of drug-likeness (QED) is 0.776. The van der Waals surface area contributed by atoms with Gasteiger partial charge >= 0.3 is 6.09 Å². The van der Waals surface area contributed by atoms with Crippen molar-refractivity contribution in [3.05, 3.63) is 0 Å². The Bertz CT molecular complexity index is 403. The molecule has 1 aliphatic heterocycles. The van der Waals surface area contributed by atoms with Crippen LogP contribution in [0.5, 0.6) is 0 Å². The maximum absolute atomic E-state index is 12.3. The smallest absolute Gasteiger partial charge is 0.408 e. The van der Waals surface area contributed by atoms with Crippen LogP contribution in [0.25, 0.3) is 0 Å². The molecule has 1 fully saturated rings. The number of nitrogens with two attached hydrogens (primary N) is 1. The summed E-state index contributed by atoms with van der Waals surface area (Å²) in [6.45, 7) is 5.87. The third-order valence-corrected chi connectivity index (χ3v) is 3.70. The van der Waals surface area contributed by atoms with Crippen LogP contribution in [0.3, 0.4) is 0 Å². The summed E-state index contributed by atoms with van der Waals surface area (Å²) in [7, 11) is 0. The van der Waals surface area contributed by atoms with Gasteiger partial charge in [-0.05, 0) is 27.2 Å². The van der Waals surface area contributed by atoms with Crippen LogP contribution in [-0.4, -0.2) is 52.6 Å². The first-order valence-electron chi connectivity index (χ1n) is 6.83. The lowest BCUT2D eigenvalue weighted by molar-refractivity contribution is -0.132. The third-order valence-electron chi connectivity index (χ3n) is 2.73. The van der Waals surface area contributed by atoms with E-state index in [4.69, 9.17) is 10.5 Å². The number of amides is 3. The van der Waals surface area contributed by atoms with E-state index >= 15 is 0 Å². The molecule has 120 valence electrons. The zero-order valence-electron chi connectivity index (χ0n) is 12.7. The molecule has 1 heterocycles. The Hall–Kier alpha value is -1.44. The van der Waals surface area contributed by atoms with Gasteiger partial charge in [0.1, 0.15) is 11.6 Å². The Morgan fingerprint density at radius 1 is 1.38 bits per heavy atom. The SMILES string of the molecule is CC(C)(C)OC(=O)N[C@@H](CCC(N)=O)C(=O)N1CCSC1. The van der Waals surface area contributed by atoms with Gasteiger partial charge in [-0.25, -0.2) is 4.79 Å². The largest absolute Gasteiger partial charge is 0.444 e. The summed E-state index contributed by atoms with van der Waals surface area (Å²) in [4.78, 5) is 36.7. The van der Waals surface area contributed by atoms with Crippen molar-refractivity contribution in [1.82, 2.24) is 10.2 Å². The molecule has 0 unspecified atom stereocenters. The van der Waals surface area contributed by atoms with Gasteiger partial charge in [0.2, 0.25) is 11.8 Å². The lowest BCUT2D eigenvalue weighted by atomic mass is 10.1. The molecule has 3 amide bonds. The van der Waals surface area contributed by atoms with Crippen molar-refractivity contribution >= 4 is 29.7 Å². The van der Waals surface area contributed by atoms with Crippen molar-refractivity contribution in [2.24, 2.45) is 5.73 Å². The molecule has 1 saturated heterocycles. The van der Waals surface area contributed by atoms with E-state index in [0.717, 1.165) is 5.75 Å². The zero-order chi connectivity index (χ0) is 16.0. The second kappa shape index (κ2) is 7.53. The van der Waals surface area contributed by atoms with Gasteiger partial charge in [-0.3, -0.25) is 9.59 Å². The van der Waals surface area contributed by atoms with E-state index in [1.54, 1.807) is 37.4 Å². The van der Waals surface area contributed by atoms with Crippen molar-refractivity contribution < 1.29 is 19.1 Å². The lowest BCUT2D eigenvalue weighted by Crippen LogP contribution is -2.49. The number of nitrogens with one attached hydrogen (secondary N) is 1. The summed E-state index contributed by atoms with van der Waals surface area (Å²) in [5.74, 6) is 0.768. The van der Waals surface area contributed by atoms with Crippen molar-refractivity contribution in [3.63, 3.8) is 0 Å². The van der Waals surface area contributed by atoms with Crippen LogP contribution in [0.1, 0.15) is 33.6 Å². The summed E-state index contributed by atoms with van der Waals surface area (Å²) < 4.78 is 5.15. The molecule has 0 aliphatic carbocycles. The number of thioether (sulfide) groups is 1. The average molecular weight is 317 g/mol. The predicted octanol–water partition coefficient (Wildman–Crippen LogP) is 0.678. The molecular formula is C13H23N3O4S. The lowest BCUT2D eigenvalue weighted by Gasteiger charge is -2.25. The number of primary amides is 1. The number of hydrogen-bond donors (Lipinski definition) is 2. The molecule has 8 heteroatoms. The van der Waals surface area contributed by atoms with E-state index in [1.165, 1.54) is 0 Å². The molecule has 3 N–H and O–H groups in total. The minimum atomic E-state index is -0.786. The van der Waals surface area contributed by atoms with Gasteiger partial charge < -0.3 is 20.7 Å². The van der Waals surface area contributed by atoms with Crippen molar-refractivity contribution in [3.8, 4) is 0 Å². The Morgan fingerprint density at radius 2 is 2.05 bits per heavy atom. The van der Waals surface area contributed by atoms with Crippen LogP contribution >= 0.6 is 11.8 Å². The topological polar surface area (TPSA) is 102 Å². The summed E-state index contributed by atoms with van der Waals surface area (Å²) in [5, 5.41) is 2.54. The van der Waals surface area contributed by atoms with Crippen LogP contribution < -0.4 is 11.1 Å². The normalized spacial score (nSPS) is 16.4. The van der Waals surface area contributed by atoms with E-state index in [2.05, 4.69) is 5.32 Å². The maximum Gasteiger partial charge on any atom is 0.408 e. The van der Waals surface area contributed by atoms with Gasteiger partial charge in [-0.1, -0.05) is 0 Å². The molecule has 0 aromatic heterocycles. The maximum atomic E-state index is 12.3. The number of alkyl carbamates (subject to hydrolysis) is 1. The van der Waals surface area contributed by atoms with Crippen molar-refractivity contribution in [2.45, 2.75) is 45.3 Å². The van der Waals surface area contributed by atoms with Crippen LogP contribution in [0, 0.1) is 0 Å². The van der Waals surface area contributed by atoms with Gasteiger partial charge in [0.05, 0.1) is 5.88 Å². The van der Waals surface area contributed by atoms with Gasteiger partial charge in [-0.2, -0.15) is 0 Å². The van der Waals surface area contributed by atoms with Crippen molar-refractivity contribution in [2.75, 3.05) is 18.2 Å². The second-order valence-electron chi connectivity index (χ2n) is 5.84. The van der Waals surface area contributed by atoms with Gasteiger partial charge in [0, 0.05) is 18.7 Å². The fourth-order valence-corrected chi connectivity index (χ4v) is 2.76. The van der Waals surface area contributed by atoms with Crippen molar-refractivity contribution in [1.29, 1.82) is 0 Å². The Kier molecular flexibility index (Phi) is 6.32. The average Bonchev–Trinajstić information content (AvgIpc) is 2.84. The minimum Gasteiger partial charge on any atom is -0.444 e. The Balaban J connectivity index is 2.64. The summed E-state index contributed by atoms with van der Waals surface area (Å²) in [5.41, 5.74) is 4.47. The third kappa shape index (κ3) is 6.70. The highest BCUT2D eigenvalue weighted by atomic mass is 32.2. The molecule has 7 nitrogen and oxygen atoms in total. The first-order chi connectivity index (χ1) is 9.69. The molecule has 0 bridgehead atoms. The summed E-state index contributed by atoms with van der Waals surface area (Å²) >= 11 is 1.65. The molecule has 1 aliphatic rings. The molecule has 0 aromatic carbocycles. The zero-order valence-corrected chi connectivity index (χ0v) is 13.5. The first kappa shape index (κ1) is 17.6. The van der Waals surface area contributed by atoms with E-state index in [0.29, 0.717) is 12.4 Å². The number of rotatable bonds is 5. The molecular weight excluding hydrogens is 294 g/mol. The fourth-order valence-electron chi connectivity index (χ4n) is 1.80. The Labute approximate surface area is 128 Å². The molecule has 1 rings (SSSR count). The number of carbonyl (C=O) groups is 3. The number of hydrogen-bond acceptors (Lipinski definition) is 5. The molecule has 21 heavy (non-hydrogen) atoms. The highest BCUT2D eigenvalue weighted by Gasteiger charge is 2.29. The molecule has 0 saturated carbocycles. The van der Waals surface area contributed by atoms with Gasteiger partial charge in [-0.15, -0.1) is 11.8 Å². The predicted molar refractivity (Wildman–Crippen MR) is 80.6 cm³/mol. The van der Waals surface area contributed by atoms with Gasteiger partial charge in [0.25, 0.3) is 0 Å². The first-order valence-corrected chi connectivity index (χ1v) is 7.99. The highest BCUT2D eigenvalue weighted by Crippen LogP contribution is 2.16. The molecule has 0 radical (unpaired) electrons. The van der Waals surface area contributed by atoms with Gasteiger partial charge in [0.15, 0.2) is 0 Å². The summed E-state index contributed by atoms with van der Waals surface area (Å²) in [6, 6.07) is -0.786. The second-order valence-corrected chi connectivity index (χ2v) is 6.92. The molecule has 0 spiro atoms. The van der Waals surface area contributed by atoms with Crippen LogP contribution in [0.4, 0.5) is 4.79 Å². The van der Waals surface area contributed by atoms with E-state index in [-0.39, 0.29) is 18.7 Å². The fraction of sp³-hybridized carbons (Fsp3) is 0.769. The van der Waals surface area contributed by atoms with Crippen LogP contribution in [0.15, 0.2) is 0 Å². The molecule has 1 atom stereocenters. The number of carbonyl (C=O) groups excluding carboxylic acids is 3. The monoisotopic (exact) mass is 317 g/mol. The number of nitrogens with zero attached hydrogens (tertiary/aromatic N) is 1. The van der Waals surface area contributed by atoms with E-state index < -0.39 is 23.6 Å². The molecule has 0 aromatic rings. The van der Waals surface area contributed by atoms with Crippen LogP contribution in [-0.2, 0) is 14.3 Å².